The maximum atomic E-state index is 9.07. The molecule has 1 aromatic carbocycles. The van der Waals surface area contributed by atoms with E-state index in [1.165, 1.54) is 0 Å². The number of nitrogens with two attached hydrogens (primary N) is 2. The van der Waals surface area contributed by atoms with Gasteiger partial charge in [0.15, 0.2) is 0 Å². The number of hydrogen-bond donors (Lipinski definition) is 3. The van der Waals surface area contributed by atoms with Crippen LogP contribution < -0.4 is 11.5 Å². The molecule has 0 saturated carbocycles. The molecule has 0 aliphatic carbocycles. The lowest BCUT2D eigenvalue weighted by atomic mass is 9.93. The molecule has 0 heterocycles. The highest BCUT2D eigenvalue weighted by Crippen LogP contribution is 2.26. The minimum Gasteiger partial charge on any atom is -0.398 e. The van der Waals surface area contributed by atoms with Crippen molar-refractivity contribution in [1.29, 1.82) is 0 Å². The SMILES string of the molecule is C[C@](N)(CO)c1cc(Br)ccc1N. The van der Waals surface area contributed by atoms with E-state index in [1.54, 1.807) is 13.0 Å². The molecule has 0 aromatic heterocycles. The maximum Gasteiger partial charge on any atom is 0.0651 e. The van der Waals surface area contributed by atoms with E-state index in [0.29, 0.717) is 5.69 Å². The molecule has 0 spiro atoms. The molecule has 1 atom stereocenters. The van der Waals surface area contributed by atoms with E-state index >= 15 is 0 Å². The second-order valence-corrected chi connectivity index (χ2v) is 4.22. The molecule has 0 saturated heterocycles. The first-order valence-electron chi connectivity index (χ1n) is 3.92. The van der Waals surface area contributed by atoms with Gasteiger partial charge in [0.1, 0.15) is 0 Å². The van der Waals surface area contributed by atoms with Gasteiger partial charge in [-0.15, -0.1) is 0 Å². The Morgan fingerprint density at radius 3 is 2.69 bits per heavy atom. The van der Waals surface area contributed by atoms with Gasteiger partial charge in [0, 0.05) is 10.2 Å². The van der Waals surface area contributed by atoms with Crippen LogP contribution >= 0.6 is 15.9 Å². The Bertz CT molecular complexity index is 312. The summed E-state index contributed by atoms with van der Waals surface area (Å²) in [5.74, 6) is 0. The number of aliphatic hydroxyl groups is 1. The topological polar surface area (TPSA) is 72.3 Å². The third-order valence-corrected chi connectivity index (χ3v) is 2.45. The fraction of sp³-hybridized carbons (Fsp3) is 0.333. The van der Waals surface area contributed by atoms with Crippen molar-refractivity contribution in [2.45, 2.75) is 12.5 Å². The van der Waals surface area contributed by atoms with Crippen LogP contribution in [0.15, 0.2) is 22.7 Å². The van der Waals surface area contributed by atoms with Crippen molar-refractivity contribution in [2.24, 2.45) is 5.73 Å². The van der Waals surface area contributed by atoms with E-state index in [0.717, 1.165) is 10.0 Å². The third kappa shape index (κ3) is 2.21. The van der Waals surface area contributed by atoms with E-state index in [1.807, 2.05) is 12.1 Å². The summed E-state index contributed by atoms with van der Waals surface area (Å²) < 4.78 is 0.904. The van der Waals surface area contributed by atoms with Crippen LogP contribution in [0.1, 0.15) is 12.5 Å². The van der Waals surface area contributed by atoms with Gasteiger partial charge >= 0.3 is 0 Å². The first-order chi connectivity index (χ1) is 5.97. The Balaban J connectivity index is 3.20. The summed E-state index contributed by atoms with van der Waals surface area (Å²) in [5.41, 5.74) is 12.2. The van der Waals surface area contributed by atoms with Gasteiger partial charge in [-0.25, -0.2) is 0 Å². The van der Waals surface area contributed by atoms with E-state index < -0.39 is 5.54 Å². The van der Waals surface area contributed by atoms with Gasteiger partial charge in [-0.05, 0) is 30.7 Å². The molecule has 1 rings (SSSR count). The highest BCUT2D eigenvalue weighted by molar-refractivity contribution is 9.10. The first kappa shape index (κ1) is 10.5. The average Bonchev–Trinajstić information content (AvgIpc) is 2.09. The maximum absolute atomic E-state index is 9.07. The fourth-order valence-corrected chi connectivity index (χ4v) is 1.47. The zero-order valence-corrected chi connectivity index (χ0v) is 9.01. The monoisotopic (exact) mass is 244 g/mol. The lowest BCUT2D eigenvalue weighted by molar-refractivity contribution is 0.210. The highest BCUT2D eigenvalue weighted by Gasteiger charge is 2.22. The van der Waals surface area contributed by atoms with E-state index in [9.17, 15) is 0 Å². The molecule has 4 heteroatoms. The Hall–Kier alpha value is -0.580. The second-order valence-electron chi connectivity index (χ2n) is 3.31. The summed E-state index contributed by atoms with van der Waals surface area (Å²) >= 11 is 3.33. The number of rotatable bonds is 2. The zero-order chi connectivity index (χ0) is 10.1. The van der Waals surface area contributed by atoms with Crippen LogP contribution in [0, 0.1) is 0 Å². The summed E-state index contributed by atoms with van der Waals surface area (Å²) in [7, 11) is 0. The lowest BCUT2D eigenvalue weighted by Crippen LogP contribution is -2.37. The van der Waals surface area contributed by atoms with Gasteiger partial charge in [0.05, 0.1) is 12.1 Å². The molecule has 0 fully saturated rings. The van der Waals surface area contributed by atoms with Crippen molar-refractivity contribution < 1.29 is 5.11 Å². The molecular formula is C9H13BrN2O. The van der Waals surface area contributed by atoms with E-state index in [4.69, 9.17) is 16.6 Å². The van der Waals surface area contributed by atoms with Crippen LogP contribution in [-0.4, -0.2) is 11.7 Å². The van der Waals surface area contributed by atoms with Gasteiger partial charge < -0.3 is 16.6 Å². The minimum absolute atomic E-state index is 0.131. The highest BCUT2D eigenvalue weighted by atomic mass is 79.9. The number of hydrogen-bond acceptors (Lipinski definition) is 3. The fourth-order valence-electron chi connectivity index (χ4n) is 1.11. The molecule has 0 amide bonds. The van der Waals surface area contributed by atoms with Crippen LogP contribution in [0.5, 0.6) is 0 Å². The standard InChI is InChI=1S/C9H13BrN2O/c1-9(12,5-13)7-4-6(10)2-3-8(7)11/h2-4,13H,5,11-12H2,1H3/t9-/m0/s1. The Labute approximate surface area is 85.9 Å². The minimum atomic E-state index is -0.784. The van der Waals surface area contributed by atoms with Crippen LogP contribution in [0.2, 0.25) is 0 Å². The van der Waals surface area contributed by atoms with Gasteiger partial charge in [-0.2, -0.15) is 0 Å². The molecule has 0 bridgehead atoms. The zero-order valence-electron chi connectivity index (χ0n) is 7.42. The van der Waals surface area contributed by atoms with Crippen LogP contribution in [0.25, 0.3) is 0 Å². The lowest BCUT2D eigenvalue weighted by Gasteiger charge is -2.24. The largest absolute Gasteiger partial charge is 0.398 e. The second kappa shape index (κ2) is 3.65. The van der Waals surface area contributed by atoms with Gasteiger partial charge in [-0.1, -0.05) is 15.9 Å². The summed E-state index contributed by atoms with van der Waals surface area (Å²) in [5, 5.41) is 9.07. The van der Waals surface area contributed by atoms with Crippen LogP contribution in [0.4, 0.5) is 5.69 Å². The van der Waals surface area contributed by atoms with Crippen molar-refractivity contribution in [1.82, 2.24) is 0 Å². The number of benzene rings is 1. The average molecular weight is 245 g/mol. The van der Waals surface area contributed by atoms with Crippen molar-refractivity contribution in [3.8, 4) is 0 Å². The third-order valence-electron chi connectivity index (χ3n) is 1.96. The smallest absolute Gasteiger partial charge is 0.0651 e. The van der Waals surface area contributed by atoms with E-state index in [-0.39, 0.29) is 6.61 Å². The molecule has 3 nitrogen and oxygen atoms in total. The molecule has 1 aromatic rings. The van der Waals surface area contributed by atoms with E-state index in [2.05, 4.69) is 15.9 Å². The molecule has 5 N–H and O–H groups in total. The first-order valence-corrected chi connectivity index (χ1v) is 4.72. The Morgan fingerprint density at radius 2 is 2.15 bits per heavy atom. The normalized spacial score (nSPS) is 15.4. The number of halogens is 1. The van der Waals surface area contributed by atoms with Crippen molar-refractivity contribution >= 4 is 21.6 Å². The molecule has 13 heavy (non-hydrogen) atoms. The molecule has 0 aliphatic rings. The molecule has 0 radical (unpaired) electrons. The molecule has 0 unspecified atom stereocenters. The number of nitrogen functional groups attached to an aromatic ring is 1. The van der Waals surface area contributed by atoms with Crippen molar-refractivity contribution in [3.63, 3.8) is 0 Å². The predicted octanol–water partition coefficient (Wildman–Crippen LogP) is 1.20. The summed E-state index contributed by atoms with van der Waals surface area (Å²) in [6, 6.07) is 5.43. The van der Waals surface area contributed by atoms with Crippen molar-refractivity contribution in [2.75, 3.05) is 12.3 Å². The summed E-state index contributed by atoms with van der Waals surface area (Å²) in [6.07, 6.45) is 0. The van der Waals surface area contributed by atoms with Gasteiger partial charge in [0.2, 0.25) is 0 Å². The van der Waals surface area contributed by atoms with Gasteiger partial charge in [-0.3, -0.25) is 0 Å². The quantitative estimate of drug-likeness (QED) is 0.685. The molecule has 0 aliphatic heterocycles. The van der Waals surface area contributed by atoms with Gasteiger partial charge in [0.25, 0.3) is 0 Å². The van der Waals surface area contributed by atoms with Crippen LogP contribution in [0.3, 0.4) is 0 Å². The summed E-state index contributed by atoms with van der Waals surface area (Å²) in [6.45, 7) is 1.61. The predicted molar refractivity (Wildman–Crippen MR) is 57.2 cm³/mol. The number of aliphatic hydroxyl groups excluding tert-OH is 1. The molecular weight excluding hydrogens is 232 g/mol. The Morgan fingerprint density at radius 1 is 1.54 bits per heavy atom. The number of anilines is 1. The van der Waals surface area contributed by atoms with Crippen LogP contribution in [-0.2, 0) is 5.54 Å². The van der Waals surface area contributed by atoms with Crippen molar-refractivity contribution in [3.05, 3.63) is 28.2 Å². The Kier molecular flexibility index (Phi) is 2.95. The summed E-state index contributed by atoms with van der Waals surface area (Å²) in [4.78, 5) is 0. The molecule has 72 valence electrons.